The number of hydrogen-bond acceptors (Lipinski definition) is 6. The maximum absolute atomic E-state index is 12.0. The summed E-state index contributed by atoms with van der Waals surface area (Å²) < 4.78 is 6.79. The summed E-state index contributed by atoms with van der Waals surface area (Å²) in [5.41, 5.74) is 6.79. The Morgan fingerprint density at radius 2 is 2.24 bits per heavy atom. The summed E-state index contributed by atoms with van der Waals surface area (Å²) in [7, 11) is 0. The molecule has 21 heavy (non-hydrogen) atoms. The van der Waals surface area contributed by atoms with Crippen molar-refractivity contribution in [2.45, 2.75) is 6.54 Å². The molecule has 2 aromatic heterocycles. The van der Waals surface area contributed by atoms with Crippen LogP contribution in [-0.4, -0.2) is 26.1 Å². The second kappa shape index (κ2) is 5.55. The van der Waals surface area contributed by atoms with E-state index in [0.29, 0.717) is 11.4 Å². The number of anilines is 1. The van der Waals surface area contributed by atoms with Crippen LogP contribution >= 0.6 is 0 Å². The molecule has 3 aromatic rings. The number of nitrogens with one attached hydrogen (secondary N) is 1. The van der Waals surface area contributed by atoms with Crippen LogP contribution in [0.5, 0.6) is 0 Å². The van der Waals surface area contributed by atoms with Gasteiger partial charge in [-0.1, -0.05) is 6.07 Å². The molecule has 0 aliphatic carbocycles. The molecule has 0 bridgehead atoms. The number of aromatic nitrogens is 4. The van der Waals surface area contributed by atoms with Crippen molar-refractivity contribution in [1.29, 1.82) is 0 Å². The fourth-order valence-electron chi connectivity index (χ4n) is 1.81. The molecule has 0 saturated heterocycles. The monoisotopic (exact) mass is 284 g/mol. The number of benzene rings is 1. The zero-order valence-electron chi connectivity index (χ0n) is 10.9. The standard InChI is InChI=1S/C13H12N6O2/c14-7-11-4-5-12(21-11)13(20)16-9-2-1-3-10(6-9)19-8-15-17-18-19/h1-6,8H,7,14H2,(H,16,20). The fraction of sp³-hybridized carbons (Fsp3) is 0.0769. The van der Waals surface area contributed by atoms with Crippen LogP contribution in [0, 0.1) is 0 Å². The van der Waals surface area contributed by atoms with Crippen LogP contribution in [0.4, 0.5) is 5.69 Å². The third-order valence-electron chi connectivity index (χ3n) is 2.80. The molecule has 1 aromatic carbocycles. The minimum absolute atomic E-state index is 0.211. The average molecular weight is 284 g/mol. The lowest BCUT2D eigenvalue weighted by Gasteiger charge is -2.05. The highest BCUT2D eigenvalue weighted by Crippen LogP contribution is 2.15. The lowest BCUT2D eigenvalue weighted by atomic mass is 10.2. The molecule has 0 unspecified atom stereocenters. The number of furan rings is 1. The third kappa shape index (κ3) is 2.79. The van der Waals surface area contributed by atoms with Gasteiger partial charge in [0.25, 0.3) is 5.91 Å². The molecule has 0 radical (unpaired) electrons. The van der Waals surface area contributed by atoms with Crippen molar-refractivity contribution >= 4 is 11.6 Å². The van der Waals surface area contributed by atoms with Gasteiger partial charge in [0.1, 0.15) is 12.1 Å². The predicted octanol–water partition coefficient (Wildman–Crippen LogP) is 0.966. The van der Waals surface area contributed by atoms with E-state index in [1.54, 1.807) is 30.3 Å². The van der Waals surface area contributed by atoms with Crippen molar-refractivity contribution in [2.75, 3.05) is 5.32 Å². The molecule has 0 fully saturated rings. The Hall–Kier alpha value is -3.00. The topological polar surface area (TPSA) is 112 Å². The molecule has 3 N–H and O–H groups in total. The fourth-order valence-corrected chi connectivity index (χ4v) is 1.81. The van der Waals surface area contributed by atoms with Crippen molar-refractivity contribution in [1.82, 2.24) is 20.2 Å². The first-order valence-electron chi connectivity index (χ1n) is 6.20. The smallest absolute Gasteiger partial charge is 0.291 e. The number of nitrogens with two attached hydrogens (primary N) is 1. The van der Waals surface area contributed by atoms with Gasteiger partial charge in [0.2, 0.25) is 0 Å². The van der Waals surface area contributed by atoms with Crippen LogP contribution in [0.15, 0.2) is 47.1 Å². The molecule has 8 nitrogen and oxygen atoms in total. The van der Waals surface area contributed by atoms with Crippen molar-refractivity contribution in [3.8, 4) is 5.69 Å². The molecule has 2 heterocycles. The molecule has 106 valence electrons. The molecule has 0 aliphatic heterocycles. The highest BCUT2D eigenvalue weighted by molar-refractivity contribution is 6.02. The Labute approximate surface area is 119 Å². The van der Waals surface area contributed by atoms with Crippen LogP contribution in [0.25, 0.3) is 5.69 Å². The quantitative estimate of drug-likeness (QED) is 0.738. The first-order chi connectivity index (χ1) is 10.3. The van der Waals surface area contributed by atoms with Gasteiger partial charge >= 0.3 is 0 Å². The number of hydrogen-bond donors (Lipinski definition) is 2. The van der Waals surface area contributed by atoms with E-state index < -0.39 is 0 Å². The maximum atomic E-state index is 12.0. The molecular weight excluding hydrogens is 272 g/mol. The van der Waals surface area contributed by atoms with Crippen LogP contribution in [0.1, 0.15) is 16.3 Å². The summed E-state index contributed by atoms with van der Waals surface area (Å²) in [4.78, 5) is 12.0. The van der Waals surface area contributed by atoms with E-state index in [-0.39, 0.29) is 18.2 Å². The van der Waals surface area contributed by atoms with Gasteiger partial charge in [-0.3, -0.25) is 4.79 Å². The zero-order chi connectivity index (χ0) is 14.7. The largest absolute Gasteiger partial charge is 0.455 e. The third-order valence-corrected chi connectivity index (χ3v) is 2.80. The molecule has 0 spiro atoms. The van der Waals surface area contributed by atoms with Crippen molar-refractivity contribution in [3.63, 3.8) is 0 Å². The number of nitrogens with zero attached hydrogens (tertiary/aromatic N) is 4. The molecular formula is C13H12N6O2. The SMILES string of the molecule is NCc1ccc(C(=O)Nc2cccc(-n3cnnn3)c2)o1. The molecule has 1 amide bonds. The van der Waals surface area contributed by atoms with E-state index in [1.807, 2.05) is 6.07 Å². The summed E-state index contributed by atoms with van der Waals surface area (Å²) in [6, 6.07) is 10.4. The highest BCUT2D eigenvalue weighted by atomic mass is 16.4. The van der Waals surface area contributed by atoms with E-state index in [0.717, 1.165) is 5.69 Å². The predicted molar refractivity (Wildman–Crippen MR) is 73.7 cm³/mol. The number of carbonyl (C=O) groups is 1. The molecule has 0 aliphatic rings. The van der Waals surface area contributed by atoms with Gasteiger partial charge in [0.05, 0.1) is 12.2 Å². The Morgan fingerprint density at radius 3 is 2.95 bits per heavy atom. The molecule has 3 rings (SSSR count). The minimum atomic E-state index is -0.344. The number of tetrazole rings is 1. The first-order valence-corrected chi connectivity index (χ1v) is 6.20. The second-order valence-corrected chi connectivity index (χ2v) is 4.23. The Bertz CT molecular complexity index is 750. The summed E-state index contributed by atoms with van der Waals surface area (Å²) in [6.45, 7) is 0.252. The molecule has 0 saturated carbocycles. The summed E-state index contributed by atoms with van der Waals surface area (Å²) in [6.07, 6.45) is 1.47. The van der Waals surface area contributed by atoms with Gasteiger partial charge in [-0.25, -0.2) is 4.68 Å². The summed E-state index contributed by atoms with van der Waals surface area (Å²) >= 11 is 0. The van der Waals surface area contributed by atoms with Crippen molar-refractivity contribution in [3.05, 3.63) is 54.2 Å². The van der Waals surface area contributed by atoms with Crippen molar-refractivity contribution in [2.24, 2.45) is 5.73 Å². The Balaban J connectivity index is 1.78. The molecule has 8 heteroatoms. The highest BCUT2D eigenvalue weighted by Gasteiger charge is 2.11. The van der Waals surface area contributed by atoms with E-state index in [9.17, 15) is 4.79 Å². The van der Waals surface area contributed by atoms with Crippen molar-refractivity contribution < 1.29 is 9.21 Å². The van der Waals surface area contributed by atoms with Gasteiger partial charge < -0.3 is 15.5 Å². The van der Waals surface area contributed by atoms with E-state index in [4.69, 9.17) is 10.2 Å². The van der Waals surface area contributed by atoms with Gasteiger partial charge in [-0.05, 0) is 40.8 Å². The number of carbonyl (C=O) groups excluding carboxylic acids is 1. The first kappa shape index (κ1) is 13.0. The minimum Gasteiger partial charge on any atom is -0.455 e. The lowest BCUT2D eigenvalue weighted by Crippen LogP contribution is -2.11. The zero-order valence-corrected chi connectivity index (χ0v) is 10.9. The van der Waals surface area contributed by atoms with E-state index >= 15 is 0 Å². The van der Waals surface area contributed by atoms with Gasteiger partial charge in [-0.2, -0.15) is 0 Å². The van der Waals surface area contributed by atoms with Gasteiger partial charge in [0, 0.05) is 5.69 Å². The van der Waals surface area contributed by atoms with E-state index in [2.05, 4.69) is 20.8 Å². The number of rotatable bonds is 4. The van der Waals surface area contributed by atoms with Crippen LogP contribution in [0.2, 0.25) is 0 Å². The average Bonchev–Trinajstić information content (AvgIpc) is 3.19. The van der Waals surface area contributed by atoms with Crippen LogP contribution in [-0.2, 0) is 6.54 Å². The summed E-state index contributed by atoms with van der Waals surface area (Å²) in [5.74, 6) is 0.425. The Morgan fingerprint density at radius 1 is 1.33 bits per heavy atom. The van der Waals surface area contributed by atoms with E-state index in [1.165, 1.54) is 11.0 Å². The second-order valence-electron chi connectivity index (χ2n) is 4.23. The van der Waals surface area contributed by atoms with Crippen LogP contribution in [0.3, 0.4) is 0 Å². The lowest BCUT2D eigenvalue weighted by molar-refractivity contribution is 0.0995. The van der Waals surface area contributed by atoms with Gasteiger partial charge in [0.15, 0.2) is 5.76 Å². The maximum Gasteiger partial charge on any atom is 0.291 e. The normalized spacial score (nSPS) is 10.5. The molecule has 0 atom stereocenters. The van der Waals surface area contributed by atoms with Crippen LogP contribution < -0.4 is 11.1 Å². The number of amides is 1. The van der Waals surface area contributed by atoms with Gasteiger partial charge in [-0.15, -0.1) is 5.10 Å². The Kier molecular flexibility index (Phi) is 3.44. The summed E-state index contributed by atoms with van der Waals surface area (Å²) in [5, 5.41) is 13.7.